The van der Waals surface area contributed by atoms with Gasteiger partial charge < -0.3 is 9.47 Å². The predicted molar refractivity (Wildman–Crippen MR) is 123 cm³/mol. The van der Waals surface area contributed by atoms with Gasteiger partial charge in [-0.15, -0.1) is 0 Å². The second-order valence-electron chi connectivity index (χ2n) is 8.87. The van der Waals surface area contributed by atoms with Crippen LogP contribution in [0.15, 0.2) is 24.3 Å². The number of hydrogen-bond donors (Lipinski definition) is 0. The Labute approximate surface area is 183 Å². The van der Waals surface area contributed by atoms with Gasteiger partial charge in [-0.05, 0) is 49.1 Å². The molecule has 30 heavy (non-hydrogen) atoms. The Morgan fingerprint density at radius 3 is 1.93 bits per heavy atom. The van der Waals surface area contributed by atoms with Crippen LogP contribution in [-0.2, 0) is 9.47 Å². The molecule has 0 N–H and O–H groups in total. The van der Waals surface area contributed by atoms with Crippen LogP contribution in [0.2, 0.25) is 0 Å². The summed E-state index contributed by atoms with van der Waals surface area (Å²) < 4.78 is 10.9. The Morgan fingerprint density at radius 1 is 0.767 bits per heavy atom. The monoisotopic (exact) mass is 418 g/mol. The van der Waals surface area contributed by atoms with Crippen LogP contribution in [0.25, 0.3) is 0 Å². The second kappa shape index (κ2) is 15.0. The average molecular weight is 419 g/mol. The van der Waals surface area contributed by atoms with Crippen molar-refractivity contribution in [3.05, 3.63) is 35.4 Å². The molecule has 0 amide bonds. The van der Waals surface area contributed by atoms with Gasteiger partial charge in [0.05, 0.1) is 24.3 Å². The van der Waals surface area contributed by atoms with E-state index in [1.807, 2.05) is 0 Å². The highest BCUT2D eigenvalue weighted by atomic mass is 16.5. The molecule has 4 nitrogen and oxygen atoms in total. The van der Waals surface area contributed by atoms with E-state index in [4.69, 9.17) is 9.47 Å². The van der Waals surface area contributed by atoms with E-state index in [2.05, 4.69) is 34.6 Å². The summed E-state index contributed by atoms with van der Waals surface area (Å²) in [6.45, 7) is 11.7. The zero-order valence-electron chi connectivity index (χ0n) is 19.7. The van der Waals surface area contributed by atoms with E-state index in [1.165, 1.54) is 25.7 Å². The molecule has 1 aromatic carbocycles. The number of esters is 2. The van der Waals surface area contributed by atoms with Crippen LogP contribution in [0.1, 0.15) is 107 Å². The van der Waals surface area contributed by atoms with Gasteiger partial charge in [-0.1, -0.05) is 78.9 Å². The molecule has 170 valence electrons. The molecular weight excluding hydrogens is 376 g/mol. The lowest BCUT2D eigenvalue weighted by Crippen LogP contribution is -2.17. The van der Waals surface area contributed by atoms with Gasteiger partial charge in [0.2, 0.25) is 0 Å². The van der Waals surface area contributed by atoms with Gasteiger partial charge in [-0.3, -0.25) is 0 Å². The number of carbonyl (C=O) groups excluding carboxylic acids is 2. The molecule has 4 heteroatoms. The first-order valence-electron chi connectivity index (χ1n) is 11.8. The summed E-state index contributed by atoms with van der Waals surface area (Å²) in [5, 5.41) is 0. The maximum atomic E-state index is 12.6. The molecule has 0 saturated heterocycles. The molecule has 0 heterocycles. The fraction of sp³-hybridized carbons (Fsp3) is 0.692. The number of unbranched alkanes of at least 4 members (excludes halogenated alkanes) is 1. The second-order valence-corrected chi connectivity index (χ2v) is 8.87. The highest BCUT2D eigenvalue weighted by Crippen LogP contribution is 2.18. The van der Waals surface area contributed by atoms with E-state index in [9.17, 15) is 9.59 Å². The maximum absolute atomic E-state index is 12.6. The van der Waals surface area contributed by atoms with Crippen molar-refractivity contribution in [2.75, 3.05) is 13.2 Å². The topological polar surface area (TPSA) is 52.6 Å². The molecule has 0 fully saturated rings. The van der Waals surface area contributed by atoms with Crippen LogP contribution < -0.4 is 0 Å². The Bertz CT molecular complexity index is 625. The summed E-state index contributed by atoms with van der Waals surface area (Å²) in [5.41, 5.74) is 0.571. The molecule has 3 atom stereocenters. The van der Waals surface area contributed by atoms with Gasteiger partial charge in [0.15, 0.2) is 0 Å². The van der Waals surface area contributed by atoms with E-state index in [0.717, 1.165) is 25.7 Å². The molecule has 0 aliphatic rings. The summed E-state index contributed by atoms with van der Waals surface area (Å²) in [6, 6.07) is 6.76. The molecule has 1 rings (SSSR count). The van der Waals surface area contributed by atoms with Crippen LogP contribution in [0.3, 0.4) is 0 Å². The standard InChI is InChI=1S/C26H42O4/c1-6-8-12-21(4)13-11-18-29-25(27)23-14-9-10-15-24(23)26(28)30-19-22(5)17-16-20(3)7-2/h9-10,14-15,20-22H,6-8,11-13,16-19H2,1-5H3. The molecule has 0 bridgehead atoms. The number of hydrogen-bond acceptors (Lipinski definition) is 4. The van der Waals surface area contributed by atoms with Crippen LogP contribution in [0.4, 0.5) is 0 Å². The van der Waals surface area contributed by atoms with Gasteiger partial charge in [0.1, 0.15) is 0 Å². The number of ether oxygens (including phenoxy) is 2. The summed E-state index contributed by atoms with van der Waals surface area (Å²) in [6.07, 6.45) is 8.89. The normalized spacial score (nSPS) is 14.0. The van der Waals surface area contributed by atoms with Gasteiger partial charge in [-0.2, -0.15) is 0 Å². The average Bonchev–Trinajstić information content (AvgIpc) is 2.76. The minimum absolute atomic E-state index is 0.285. The first-order chi connectivity index (χ1) is 14.4. The molecule has 0 radical (unpaired) electrons. The van der Waals surface area contributed by atoms with Gasteiger partial charge >= 0.3 is 11.9 Å². The third kappa shape index (κ3) is 10.3. The Balaban J connectivity index is 2.50. The number of benzene rings is 1. The van der Waals surface area contributed by atoms with Crippen molar-refractivity contribution >= 4 is 11.9 Å². The lowest BCUT2D eigenvalue weighted by molar-refractivity contribution is 0.0413. The zero-order chi connectivity index (χ0) is 22.4. The third-order valence-corrected chi connectivity index (χ3v) is 5.84. The molecule has 0 aromatic heterocycles. The SMILES string of the molecule is CCCCC(C)CCCOC(=O)c1ccccc1C(=O)OCC(C)CCC(C)CC. The fourth-order valence-electron chi connectivity index (χ4n) is 3.36. The first kappa shape index (κ1) is 26.2. The van der Waals surface area contributed by atoms with Crippen LogP contribution in [0.5, 0.6) is 0 Å². The minimum Gasteiger partial charge on any atom is -0.462 e. The molecular formula is C26H42O4. The van der Waals surface area contributed by atoms with Gasteiger partial charge in [-0.25, -0.2) is 9.59 Å². The van der Waals surface area contributed by atoms with Crippen LogP contribution >= 0.6 is 0 Å². The van der Waals surface area contributed by atoms with Crippen LogP contribution in [0, 0.1) is 17.8 Å². The van der Waals surface area contributed by atoms with Crippen molar-refractivity contribution in [2.45, 2.75) is 86.0 Å². The number of rotatable bonds is 15. The fourth-order valence-corrected chi connectivity index (χ4v) is 3.36. The van der Waals surface area contributed by atoms with Crippen molar-refractivity contribution in [1.82, 2.24) is 0 Å². The largest absolute Gasteiger partial charge is 0.462 e. The molecule has 0 saturated carbocycles. The highest BCUT2D eigenvalue weighted by molar-refractivity contribution is 6.03. The van der Waals surface area contributed by atoms with Gasteiger partial charge in [0, 0.05) is 0 Å². The smallest absolute Gasteiger partial charge is 0.339 e. The molecule has 1 aromatic rings. The van der Waals surface area contributed by atoms with Crippen molar-refractivity contribution in [2.24, 2.45) is 17.8 Å². The predicted octanol–water partition coefficient (Wildman–Crippen LogP) is 7.07. The van der Waals surface area contributed by atoms with Crippen molar-refractivity contribution in [1.29, 1.82) is 0 Å². The minimum atomic E-state index is -0.453. The van der Waals surface area contributed by atoms with Crippen LogP contribution in [-0.4, -0.2) is 25.2 Å². The van der Waals surface area contributed by atoms with Crippen molar-refractivity contribution in [3.63, 3.8) is 0 Å². The van der Waals surface area contributed by atoms with Crippen molar-refractivity contribution < 1.29 is 19.1 Å². The summed E-state index contributed by atoms with van der Waals surface area (Å²) in [4.78, 5) is 25.1. The Morgan fingerprint density at radius 2 is 1.33 bits per heavy atom. The van der Waals surface area contributed by atoms with E-state index in [0.29, 0.717) is 31.0 Å². The van der Waals surface area contributed by atoms with E-state index >= 15 is 0 Å². The Hall–Kier alpha value is -1.84. The lowest BCUT2D eigenvalue weighted by atomic mass is 9.97. The van der Waals surface area contributed by atoms with Gasteiger partial charge in [0.25, 0.3) is 0 Å². The maximum Gasteiger partial charge on any atom is 0.339 e. The highest BCUT2D eigenvalue weighted by Gasteiger charge is 2.20. The molecule has 0 spiro atoms. The lowest BCUT2D eigenvalue weighted by Gasteiger charge is -2.15. The quantitative estimate of drug-likeness (QED) is 0.226. The third-order valence-electron chi connectivity index (χ3n) is 5.84. The summed E-state index contributed by atoms with van der Waals surface area (Å²) in [5.74, 6) is 0.734. The van der Waals surface area contributed by atoms with Crippen molar-refractivity contribution in [3.8, 4) is 0 Å². The zero-order valence-corrected chi connectivity index (χ0v) is 19.7. The molecule has 0 aliphatic carbocycles. The van der Waals surface area contributed by atoms with E-state index in [-0.39, 0.29) is 11.1 Å². The Kier molecular flexibility index (Phi) is 13.1. The first-order valence-corrected chi connectivity index (χ1v) is 11.8. The summed E-state index contributed by atoms with van der Waals surface area (Å²) >= 11 is 0. The van der Waals surface area contributed by atoms with E-state index < -0.39 is 11.9 Å². The van der Waals surface area contributed by atoms with E-state index in [1.54, 1.807) is 24.3 Å². The molecule has 0 aliphatic heterocycles. The molecule has 3 unspecified atom stereocenters. The summed E-state index contributed by atoms with van der Waals surface area (Å²) in [7, 11) is 0. The number of carbonyl (C=O) groups is 2.